The molecule has 3 aromatic rings. The van der Waals surface area contributed by atoms with E-state index < -0.39 is 40.0 Å². The summed E-state index contributed by atoms with van der Waals surface area (Å²) in [6.45, 7) is -1.01. The van der Waals surface area contributed by atoms with Gasteiger partial charge in [0.15, 0.2) is 9.84 Å². The number of piperidine rings is 1. The molecule has 0 amide bonds. The second-order valence-electron chi connectivity index (χ2n) is 10.1. The van der Waals surface area contributed by atoms with Crippen molar-refractivity contribution >= 4 is 55.7 Å². The number of aromatic nitrogens is 1. The summed E-state index contributed by atoms with van der Waals surface area (Å²) in [5, 5.41) is 4.92. The van der Waals surface area contributed by atoms with E-state index in [1.165, 1.54) is 36.3 Å². The van der Waals surface area contributed by atoms with Crippen LogP contribution in [0.5, 0.6) is 5.75 Å². The Labute approximate surface area is 246 Å². The van der Waals surface area contributed by atoms with Gasteiger partial charge in [-0.2, -0.15) is 13.2 Å². The molecule has 2 heterocycles. The van der Waals surface area contributed by atoms with Crippen LogP contribution in [0.2, 0.25) is 0 Å². The lowest BCUT2D eigenvalue weighted by molar-refractivity contribution is -0.140. The highest BCUT2D eigenvalue weighted by Gasteiger charge is 2.34. The molecule has 1 saturated heterocycles. The van der Waals surface area contributed by atoms with Gasteiger partial charge in [0.05, 0.1) is 65.0 Å². The summed E-state index contributed by atoms with van der Waals surface area (Å²) in [6, 6.07) is 10.0. The molecular weight excluding hydrogens is 569 g/mol. The first-order chi connectivity index (χ1) is 19.6. The largest absolute Gasteiger partial charge is 0.495 e. The van der Waals surface area contributed by atoms with Gasteiger partial charge in [0.1, 0.15) is 18.5 Å². The molecule has 2 aromatic carbocycles. The molecule has 1 aliphatic heterocycles. The van der Waals surface area contributed by atoms with Gasteiger partial charge in [-0.05, 0) is 49.2 Å². The maximum Gasteiger partial charge on any atom is 0.406 e. The quantitative estimate of drug-likeness (QED) is 0.237. The fraction of sp³-hybridized carbons (Fsp3) is 0.407. The molecule has 2 N–H and O–H groups in total. The van der Waals surface area contributed by atoms with Gasteiger partial charge in [0.2, 0.25) is 0 Å². The molecule has 4 rings (SSSR count). The Morgan fingerprint density at radius 2 is 1.86 bits per heavy atom. The lowest BCUT2D eigenvalue weighted by Gasteiger charge is -2.44. The summed E-state index contributed by atoms with van der Waals surface area (Å²) >= 11 is 0. The predicted molar refractivity (Wildman–Crippen MR) is 158 cm³/mol. The topological polar surface area (TPSA) is 75.6 Å². The SMILES string of the molecule is [B]C([B])([B])N1CCC(Nc2cccc3c2cc(C#CCNc2ccc(S(C)(=O)=O)cc2OC)n3CC(F)(F)F)C(F)C1. The number of nitrogens with one attached hydrogen (secondary N) is 2. The molecule has 0 bridgehead atoms. The molecule has 0 saturated carbocycles. The Kier molecular flexibility index (Phi) is 9.18. The van der Waals surface area contributed by atoms with E-state index in [2.05, 4.69) is 22.5 Å². The number of nitrogens with zero attached hydrogens (tertiary/aromatic N) is 2. The zero-order chi connectivity index (χ0) is 30.9. The van der Waals surface area contributed by atoms with Crippen molar-refractivity contribution in [2.45, 2.75) is 41.5 Å². The summed E-state index contributed by atoms with van der Waals surface area (Å²) in [4.78, 5) is 1.50. The first kappa shape index (κ1) is 31.7. The highest BCUT2D eigenvalue weighted by atomic mass is 32.2. The van der Waals surface area contributed by atoms with Crippen molar-refractivity contribution in [2.75, 3.05) is 43.6 Å². The van der Waals surface area contributed by atoms with Crippen molar-refractivity contribution in [2.24, 2.45) is 0 Å². The predicted octanol–water partition coefficient (Wildman–Crippen LogP) is 3.02. The molecule has 1 fully saturated rings. The number of sulfone groups is 1. The summed E-state index contributed by atoms with van der Waals surface area (Å²) in [6.07, 6.45) is -4.50. The summed E-state index contributed by atoms with van der Waals surface area (Å²) in [5.41, 5.74) is 1.32. The maximum absolute atomic E-state index is 15.0. The van der Waals surface area contributed by atoms with Gasteiger partial charge in [-0.25, -0.2) is 12.8 Å². The van der Waals surface area contributed by atoms with Crippen LogP contribution in [0.15, 0.2) is 47.4 Å². The smallest absolute Gasteiger partial charge is 0.406 e. The van der Waals surface area contributed by atoms with Crippen molar-refractivity contribution in [3.05, 3.63) is 48.2 Å². The number of rotatable bonds is 8. The minimum absolute atomic E-state index is 0.0280. The number of methoxy groups -OCH3 is 1. The number of ether oxygens (including phenoxy) is 1. The molecule has 7 nitrogen and oxygen atoms in total. The molecule has 2 atom stereocenters. The molecule has 0 spiro atoms. The first-order valence-electron chi connectivity index (χ1n) is 12.9. The molecule has 15 heteroatoms. The van der Waals surface area contributed by atoms with Crippen LogP contribution < -0.4 is 15.4 Å². The summed E-state index contributed by atoms with van der Waals surface area (Å²) in [5.74, 6) is 5.88. The van der Waals surface area contributed by atoms with Gasteiger partial charge in [0.25, 0.3) is 0 Å². The van der Waals surface area contributed by atoms with E-state index in [9.17, 15) is 21.6 Å². The summed E-state index contributed by atoms with van der Waals surface area (Å²) in [7, 11) is 15.0. The molecule has 2 unspecified atom stereocenters. The average molecular weight is 596 g/mol. The molecule has 6 radical (unpaired) electrons. The summed E-state index contributed by atoms with van der Waals surface area (Å²) < 4.78 is 85.6. The molecule has 216 valence electrons. The zero-order valence-corrected chi connectivity index (χ0v) is 23.8. The standard InChI is InChI=1S/C27H27B3F4N4O3S/c1-41-25-14-18(42(2,39)40)8-9-23(25)35-11-4-5-17-13-19-21(6-3-7-24(19)38(17)16-26(32,33)34)36-22-10-12-37(15-20(22)31)27(28,29)30/h3,6-9,13-14,20,22,35-36H,10-12,15-16H2,1-2H3. The van der Waals surface area contributed by atoms with Crippen molar-refractivity contribution in [1.82, 2.24) is 9.47 Å². The van der Waals surface area contributed by atoms with Gasteiger partial charge in [0, 0.05) is 29.9 Å². The van der Waals surface area contributed by atoms with Gasteiger partial charge < -0.3 is 24.8 Å². The highest BCUT2D eigenvalue weighted by molar-refractivity contribution is 7.90. The van der Waals surface area contributed by atoms with Gasteiger partial charge >= 0.3 is 6.18 Å². The number of benzene rings is 2. The average Bonchev–Trinajstić information content (AvgIpc) is 3.23. The van der Waals surface area contributed by atoms with Crippen molar-refractivity contribution in [3.8, 4) is 17.6 Å². The number of hydrogen-bond acceptors (Lipinski definition) is 6. The Bertz CT molecular complexity index is 1610. The van der Waals surface area contributed by atoms with E-state index in [1.807, 2.05) is 0 Å². The van der Waals surface area contributed by atoms with Crippen LogP contribution in [0, 0.1) is 11.8 Å². The molecule has 1 aliphatic rings. The molecule has 1 aromatic heterocycles. The van der Waals surface area contributed by atoms with Crippen LogP contribution in [0.1, 0.15) is 12.1 Å². The number of anilines is 2. The molecule has 0 aliphatic carbocycles. The second kappa shape index (κ2) is 12.2. The normalized spacial score (nSPS) is 18.3. The lowest BCUT2D eigenvalue weighted by Crippen LogP contribution is -2.58. The third kappa shape index (κ3) is 7.58. The van der Waals surface area contributed by atoms with E-state index in [0.29, 0.717) is 29.7 Å². The fourth-order valence-corrected chi connectivity index (χ4v) is 5.44. The number of likely N-dealkylation sites (tertiary alicyclic amines) is 1. The van der Waals surface area contributed by atoms with E-state index in [1.54, 1.807) is 18.2 Å². The number of fused-ring (bicyclic) bond motifs is 1. The fourth-order valence-electron chi connectivity index (χ4n) is 4.80. The van der Waals surface area contributed by atoms with Crippen LogP contribution in [0.3, 0.4) is 0 Å². The highest BCUT2D eigenvalue weighted by Crippen LogP contribution is 2.32. The minimum Gasteiger partial charge on any atom is -0.495 e. The molecule has 42 heavy (non-hydrogen) atoms. The maximum atomic E-state index is 15.0. The van der Waals surface area contributed by atoms with E-state index >= 15 is 4.39 Å². The zero-order valence-electron chi connectivity index (χ0n) is 23.0. The number of hydrogen-bond donors (Lipinski definition) is 2. The van der Waals surface area contributed by atoms with Crippen LogP contribution in [-0.2, 0) is 16.4 Å². The third-order valence-electron chi connectivity index (χ3n) is 6.90. The van der Waals surface area contributed by atoms with Crippen LogP contribution in [0.4, 0.5) is 28.9 Å². The van der Waals surface area contributed by atoms with E-state index in [-0.39, 0.29) is 34.9 Å². The number of halogens is 4. The lowest BCUT2D eigenvalue weighted by atomic mass is 9.48. The Morgan fingerprint density at radius 1 is 1.12 bits per heavy atom. The second-order valence-corrected chi connectivity index (χ2v) is 12.2. The van der Waals surface area contributed by atoms with Crippen LogP contribution >= 0.6 is 0 Å². The monoisotopic (exact) mass is 596 g/mol. The van der Waals surface area contributed by atoms with Crippen LogP contribution in [0.25, 0.3) is 10.9 Å². The van der Waals surface area contributed by atoms with E-state index in [4.69, 9.17) is 28.3 Å². The van der Waals surface area contributed by atoms with Crippen molar-refractivity contribution in [1.29, 1.82) is 0 Å². The Morgan fingerprint density at radius 3 is 2.48 bits per heavy atom. The number of alkyl halides is 4. The van der Waals surface area contributed by atoms with Crippen molar-refractivity contribution in [3.63, 3.8) is 0 Å². The van der Waals surface area contributed by atoms with Crippen molar-refractivity contribution < 1.29 is 30.7 Å². The minimum atomic E-state index is -4.52. The van der Waals surface area contributed by atoms with E-state index in [0.717, 1.165) is 10.8 Å². The first-order valence-corrected chi connectivity index (χ1v) is 14.8. The third-order valence-corrected chi connectivity index (χ3v) is 8.01. The van der Waals surface area contributed by atoms with Gasteiger partial charge in [-0.1, -0.05) is 17.2 Å². The Hall–Kier alpha value is -3.24. The molecular formula is C27H27B3F4N4O3S. The van der Waals surface area contributed by atoms with Gasteiger partial charge in [-0.15, -0.1) is 0 Å². The Balaban J connectivity index is 1.59. The van der Waals surface area contributed by atoms with Gasteiger partial charge in [-0.3, -0.25) is 0 Å². The van der Waals surface area contributed by atoms with Crippen LogP contribution in [-0.4, -0.2) is 98.1 Å².